The lowest BCUT2D eigenvalue weighted by Gasteiger charge is -2.41. The van der Waals surface area contributed by atoms with Crippen LogP contribution in [0.4, 0.5) is 0 Å². The van der Waals surface area contributed by atoms with Crippen LogP contribution < -0.4 is 5.73 Å². The predicted octanol–water partition coefficient (Wildman–Crippen LogP) is 0.839. The van der Waals surface area contributed by atoms with Crippen molar-refractivity contribution < 1.29 is 9.53 Å². The molecule has 120 valence electrons. The van der Waals surface area contributed by atoms with Crippen molar-refractivity contribution in [3.8, 4) is 0 Å². The van der Waals surface area contributed by atoms with Crippen molar-refractivity contribution in [3.63, 3.8) is 0 Å². The molecule has 1 aromatic carbocycles. The highest BCUT2D eigenvalue weighted by atomic mass is 16.5. The summed E-state index contributed by atoms with van der Waals surface area (Å²) in [5.74, 6) is 0.107. The standard InChI is InChI=1S/C17H25N3O2/c18-17(6-12-22-13-7-17)16(21)20-10-8-19(9-11-20)14-15-4-2-1-3-5-15/h1-5H,6-14,18H2. The zero-order valence-corrected chi connectivity index (χ0v) is 13.0. The van der Waals surface area contributed by atoms with E-state index in [9.17, 15) is 4.79 Å². The topological polar surface area (TPSA) is 58.8 Å². The van der Waals surface area contributed by atoms with Gasteiger partial charge in [-0.05, 0) is 18.4 Å². The summed E-state index contributed by atoms with van der Waals surface area (Å²) < 4.78 is 5.33. The third-order valence-corrected chi connectivity index (χ3v) is 4.72. The SMILES string of the molecule is NC1(C(=O)N2CCN(Cc3ccccc3)CC2)CCOCC1. The number of carbonyl (C=O) groups excluding carboxylic acids is 1. The summed E-state index contributed by atoms with van der Waals surface area (Å²) >= 11 is 0. The number of piperazine rings is 1. The number of hydrogen-bond acceptors (Lipinski definition) is 4. The number of amides is 1. The number of benzene rings is 1. The summed E-state index contributed by atoms with van der Waals surface area (Å²) in [6, 6.07) is 10.5. The number of rotatable bonds is 3. The van der Waals surface area contributed by atoms with Gasteiger partial charge in [-0.25, -0.2) is 0 Å². The fourth-order valence-electron chi connectivity index (χ4n) is 3.22. The highest BCUT2D eigenvalue weighted by molar-refractivity contribution is 5.86. The van der Waals surface area contributed by atoms with Crippen LogP contribution in [0.3, 0.4) is 0 Å². The van der Waals surface area contributed by atoms with Gasteiger partial charge in [0.05, 0.1) is 5.54 Å². The van der Waals surface area contributed by atoms with Gasteiger partial charge in [-0.3, -0.25) is 9.69 Å². The molecule has 5 heteroatoms. The first kappa shape index (κ1) is 15.5. The van der Waals surface area contributed by atoms with Gasteiger partial charge in [0.15, 0.2) is 0 Å². The lowest BCUT2D eigenvalue weighted by atomic mass is 9.89. The van der Waals surface area contributed by atoms with E-state index >= 15 is 0 Å². The van der Waals surface area contributed by atoms with Crippen molar-refractivity contribution in [1.82, 2.24) is 9.80 Å². The van der Waals surface area contributed by atoms with Crippen LogP contribution in [0.5, 0.6) is 0 Å². The fourth-order valence-corrected chi connectivity index (χ4v) is 3.22. The minimum atomic E-state index is -0.708. The van der Waals surface area contributed by atoms with Gasteiger partial charge in [-0.1, -0.05) is 30.3 Å². The number of ether oxygens (including phenoxy) is 1. The predicted molar refractivity (Wildman–Crippen MR) is 85.3 cm³/mol. The molecule has 2 fully saturated rings. The van der Waals surface area contributed by atoms with Gasteiger partial charge in [0.1, 0.15) is 0 Å². The molecule has 0 atom stereocenters. The molecule has 2 aliphatic heterocycles. The summed E-state index contributed by atoms with van der Waals surface area (Å²) in [7, 11) is 0. The summed E-state index contributed by atoms with van der Waals surface area (Å²) in [5.41, 5.74) is 6.92. The van der Waals surface area contributed by atoms with Crippen molar-refractivity contribution in [2.75, 3.05) is 39.4 Å². The van der Waals surface area contributed by atoms with Gasteiger partial charge < -0.3 is 15.4 Å². The summed E-state index contributed by atoms with van der Waals surface area (Å²) in [4.78, 5) is 17.0. The Labute approximate surface area is 132 Å². The Hall–Kier alpha value is -1.43. The van der Waals surface area contributed by atoms with Gasteiger partial charge in [0, 0.05) is 45.9 Å². The van der Waals surface area contributed by atoms with Gasteiger partial charge in [-0.2, -0.15) is 0 Å². The molecule has 0 aliphatic carbocycles. The third-order valence-electron chi connectivity index (χ3n) is 4.72. The molecule has 0 unspecified atom stereocenters. The summed E-state index contributed by atoms with van der Waals surface area (Å²) in [6.07, 6.45) is 1.27. The lowest BCUT2D eigenvalue weighted by Crippen LogP contribution is -2.61. The van der Waals surface area contributed by atoms with Crippen LogP contribution in [-0.2, 0) is 16.1 Å². The molecule has 5 nitrogen and oxygen atoms in total. The smallest absolute Gasteiger partial charge is 0.242 e. The molecule has 1 aromatic rings. The number of nitrogens with zero attached hydrogens (tertiary/aromatic N) is 2. The number of carbonyl (C=O) groups is 1. The van der Waals surface area contributed by atoms with Crippen LogP contribution in [0.25, 0.3) is 0 Å². The highest BCUT2D eigenvalue weighted by Gasteiger charge is 2.39. The van der Waals surface area contributed by atoms with Crippen LogP contribution in [0.2, 0.25) is 0 Å². The van der Waals surface area contributed by atoms with E-state index in [-0.39, 0.29) is 5.91 Å². The molecular formula is C17H25N3O2. The van der Waals surface area contributed by atoms with E-state index in [1.807, 2.05) is 11.0 Å². The van der Waals surface area contributed by atoms with Gasteiger partial charge in [0.2, 0.25) is 5.91 Å². The van der Waals surface area contributed by atoms with Crippen LogP contribution in [0, 0.1) is 0 Å². The Bertz CT molecular complexity index is 492. The Morgan fingerprint density at radius 2 is 1.73 bits per heavy atom. The molecule has 0 bridgehead atoms. The van der Waals surface area contributed by atoms with Crippen molar-refractivity contribution in [1.29, 1.82) is 0 Å². The largest absolute Gasteiger partial charge is 0.381 e. The Morgan fingerprint density at radius 3 is 2.36 bits per heavy atom. The molecule has 1 amide bonds. The fraction of sp³-hybridized carbons (Fsp3) is 0.588. The monoisotopic (exact) mass is 303 g/mol. The number of hydrogen-bond donors (Lipinski definition) is 1. The van der Waals surface area contributed by atoms with E-state index in [0.717, 1.165) is 32.7 Å². The maximum atomic E-state index is 12.7. The molecule has 22 heavy (non-hydrogen) atoms. The second-order valence-corrected chi connectivity index (χ2v) is 6.32. The Kier molecular flexibility index (Phi) is 4.76. The normalized spacial score (nSPS) is 22.5. The molecule has 0 aromatic heterocycles. The molecule has 0 radical (unpaired) electrons. The molecule has 0 spiro atoms. The molecule has 2 heterocycles. The first-order valence-electron chi connectivity index (χ1n) is 8.10. The number of nitrogens with two attached hydrogens (primary N) is 1. The van der Waals surface area contributed by atoms with E-state index in [1.165, 1.54) is 5.56 Å². The molecule has 0 saturated carbocycles. The van der Waals surface area contributed by atoms with Crippen LogP contribution in [-0.4, -0.2) is 60.6 Å². The van der Waals surface area contributed by atoms with Gasteiger partial charge in [0.25, 0.3) is 0 Å². The van der Waals surface area contributed by atoms with Crippen LogP contribution in [0.15, 0.2) is 30.3 Å². The quantitative estimate of drug-likeness (QED) is 0.899. The molecule has 2 saturated heterocycles. The first-order chi connectivity index (χ1) is 10.7. The maximum absolute atomic E-state index is 12.7. The average molecular weight is 303 g/mol. The van der Waals surface area contributed by atoms with E-state index in [0.29, 0.717) is 26.1 Å². The Morgan fingerprint density at radius 1 is 1.09 bits per heavy atom. The van der Waals surface area contributed by atoms with E-state index in [1.54, 1.807) is 0 Å². The summed E-state index contributed by atoms with van der Waals surface area (Å²) in [6.45, 7) is 5.49. The van der Waals surface area contributed by atoms with Crippen molar-refractivity contribution in [3.05, 3.63) is 35.9 Å². The summed E-state index contributed by atoms with van der Waals surface area (Å²) in [5, 5.41) is 0. The maximum Gasteiger partial charge on any atom is 0.242 e. The second-order valence-electron chi connectivity index (χ2n) is 6.32. The minimum Gasteiger partial charge on any atom is -0.381 e. The van der Waals surface area contributed by atoms with Crippen molar-refractivity contribution in [2.45, 2.75) is 24.9 Å². The highest BCUT2D eigenvalue weighted by Crippen LogP contribution is 2.21. The Balaban J connectivity index is 1.52. The van der Waals surface area contributed by atoms with E-state index in [4.69, 9.17) is 10.5 Å². The second kappa shape index (κ2) is 6.77. The van der Waals surface area contributed by atoms with Crippen molar-refractivity contribution in [2.24, 2.45) is 5.73 Å². The van der Waals surface area contributed by atoms with Gasteiger partial charge in [-0.15, -0.1) is 0 Å². The van der Waals surface area contributed by atoms with Crippen LogP contribution >= 0.6 is 0 Å². The first-order valence-corrected chi connectivity index (χ1v) is 8.10. The zero-order chi connectivity index (χ0) is 15.4. The zero-order valence-electron chi connectivity index (χ0n) is 13.0. The minimum absolute atomic E-state index is 0.107. The third kappa shape index (κ3) is 3.48. The average Bonchev–Trinajstić information content (AvgIpc) is 2.56. The molecule has 3 rings (SSSR count). The van der Waals surface area contributed by atoms with E-state index < -0.39 is 5.54 Å². The van der Waals surface area contributed by atoms with Gasteiger partial charge >= 0.3 is 0 Å². The van der Waals surface area contributed by atoms with E-state index in [2.05, 4.69) is 29.2 Å². The molecule has 2 aliphatic rings. The van der Waals surface area contributed by atoms with Crippen molar-refractivity contribution >= 4 is 5.91 Å². The van der Waals surface area contributed by atoms with Crippen LogP contribution in [0.1, 0.15) is 18.4 Å². The lowest BCUT2D eigenvalue weighted by molar-refractivity contribution is -0.142. The molecule has 2 N–H and O–H groups in total. The molecular weight excluding hydrogens is 278 g/mol.